The fraction of sp³-hybridized carbons (Fsp3) is 0. The predicted octanol–water partition coefficient (Wildman–Crippen LogP) is 1.90. The van der Waals surface area contributed by atoms with Gasteiger partial charge in [0.15, 0.2) is 0 Å². The molecular formula is Fe8S13-3. The summed E-state index contributed by atoms with van der Waals surface area (Å²) in [6.07, 6.45) is 0. The zero-order valence-electron chi connectivity index (χ0n) is 8.14. The van der Waals surface area contributed by atoms with Crippen molar-refractivity contribution in [2.75, 3.05) is 0 Å². The standard InChI is InChI=1S/8Fe.H2S5.8S/c;;;;;;;;1-3-5-4-2;;;;;;;;/h;;;;;;;;1-2H;;;;;;;;/q;;;;;;+3;+4;;8*-1/p-2. The van der Waals surface area contributed by atoms with E-state index in [2.05, 4.69) is 23.3 Å². The molecule has 0 amide bonds. The van der Waals surface area contributed by atoms with Crippen LogP contribution in [0.25, 0.3) is 0 Å². The van der Waals surface area contributed by atoms with E-state index >= 15 is 0 Å². The topological polar surface area (TPSA) is 0 Å². The first-order valence-corrected chi connectivity index (χ1v) is 6.00. The van der Waals surface area contributed by atoms with Crippen molar-refractivity contribution in [3.05, 3.63) is 0 Å². The van der Waals surface area contributed by atoms with E-state index < -0.39 is 0 Å². The molecule has 0 aromatic heterocycles. The molecule has 0 saturated heterocycles. The van der Waals surface area contributed by atoms with Gasteiger partial charge in [0.25, 0.3) is 0 Å². The third-order valence-corrected chi connectivity index (χ3v) is 4.50. The van der Waals surface area contributed by atoms with Crippen LogP contribution in [-0.4, -0.2) is 0 Å². The number of hydrogen-bond donors (Lipinski definition) is 0. The van der Waals surface area contributed by atoms with Gasteiger partial charge in [-0.25, -0.2) is 0 Å². The molecule has 21 heteroatoms. The van der Waals surface area contributed by atoms with Gasteiger partial charge in [-0.05, 0) is 0 Å². The van der Waals surface area contributed by atoms with Crippen LogP contribution in [0, 0.1) is 0 Å². The minimum atomic E-state index is 0. The van der Waals surface area contributed by atoms with Crippen LogP contribution in [-0.2, 0) is 268 Å². The van der Waals surface area contributed by atoms with Crippen molar-refractivity contribution in [1.29, 1.82) is 0 Å². The smallest absolute Gasteiger partial charge is 1.00 e. The summed E-state index contributed by atoms with van der Waals surface area (Å²) in [5, 5.41) is 0. The number of rotatable bonds is 2. The van der Waals surface area contributed by atoms with Gasteiger partial charge in [-0.1, -0.05) is 9.83 Å². The normalized spacial score (nSPS) is 2.00. The molecular weight excluding hydrogens is 864 g/mol. The first-order chi connectivity index (χ1) is 2.41. The van der Waals surface area contributed by atoms with E-state index in [0.29, 0.717) is 0 Å². The summed E-state index contributed by atoms with van der Waals surface area (Å²) in [7, 11) is 3.95. The second-order valence-electron chi connectivity index (χ2n) is 0.204. The van der Waals surface area contributed by atoms with Crippen molar-refractivity contribution >= 4 is 161 Å². The predicted molar refractivity (Wildman–Crippen MR) is 96.4 cm³/mol. The Balaban J connectivity index is -0.000000000667. The van der Waals surface area contributed by atoms with Crippen LogP contribution in [0.15, 0.2) is 0 Å². The van der Waals surface area contributed by atoms with E-state index in [1.165, 1.54) is 29.5 Å². The molecule has 0 aromatic rings. The summed E-state index contributed by atoms with van der Waals surface area (Å²) in [6.45, 7) is 0. The van der Waals surface area contributed by atoms with Crippen molar-refractivity contribution in [2.45, 2.75) is 0 Å². The van der Waals surface area contributed by atoms with E-state index in [-0.39, 0.29) is 245 Å². The summed E-state index contributed by atoms with van der Waals surface area (Å²) >= 11 is 8.89. The van der Waals surface area contributed by atoms with Crippen LogP contribution < -0.4 is 0 Å². The summed E-state index contributed by atoms with van der Waals surface area (Å²) in [4.78, 5) is 0. The van der Waals surface area contributed by atoms with Crippen molar-refractivity contribution in [1.82, 2.24) is 0 Å². The summed E-state index contributed by atoms with van der Waals surface area (Å²) in [5.74, 6) is 0. The molecule has 0 spiro atoms. The Labute approximate surface area is 291 Å². The van der Waals surface area contributed by atoms with Gasteiger partial charge >= 0.3 is 34.1 Å². The van der Waals surface area contributed by atoms with Gasteiger partial charge in [0, 0.05) is 102 Å². The Kier molecular flexibility index (Phi) is 1160. The third-order valence-electron chi connectivity index (χ3n) is 0.0556. The Morgan fingerprint density at radius 1 is 0.429 bits per heavy atom. The van der Waals surface area contributed by atoms with Gasteiger partial charge in [-0.3, -0.25) is 19.7 Å². The molecule has 0 saturated carbocycles. The van der Waals surface area contributed by atoms with Gasteiger partial charge in [-0.2, -0.15) is 0 Å². The van der Waals surface area contributed by atoms with Crippen molar-refractivity contribution < 1.29 is 137 Å². The van der Waals surface area contributed by atoms with Crippen LogP contribution in [0.4, 0.5) is 0 Å². The molecule has 0 aliphatic heterocycles. The Hall–Kier alpha value is 8.71. The van der Waals surface area contributed by atoms with E-state index in [1.54, 1.807) is 0 Å². The second kappa shape index (κ2) is 161. The largest absolute Gasteiger partial charge is 4.00 e. The van der Waals surface area contributed by atoms with Gasteiger partial charge in [-0.15, -0.1) is 0 Å². The average molecular weight is 864 g/mol. The Morgan fingerprint density at radius 2 is 0.524 bits per heavy atom. The quantitative estimate of drug-likeness (QED) is 0.236. The van der Waals surface area contributed by atoms with E-state index in [9.17, 15) is 0 Å². The van der Waals surface area contributed by atoms with E-state index in [4.69, 9.17) is 0 Å². The van der Waals surface area contributed by atoms with Crippen LogP contribution in [0.3, 0.4) is 0 Å². The molecule has 0 nitrogen and oxygen atoms in total. The zero-order chi connectivity index (χ0) is 4.12. The van der Waals surface area contributed by atoms with E-state index in [0.717, 1.165) is 0 Å². The number of hydrogen-bond acceptors (Lipinski definition) is 13. The van der Waals surface area contributed by atoms with Gasteiger partial charge < -0.3 is 131 Å². The first kappa shape index (κ1) is 152. The van der Waals surface area contributed by atoms with E-state index in [1.807, 2.05) is 0 Å². The van der Waals surface area contributed by atoms with Crippen LogP contribution in [0.1, 0.15) is 0 Å². The van der Waals surface area contributed by atoms with Crippen molar-refractivity contribution in [2.24, 2.45) is 0 Å². The summed E-state index contributed by atoms with van der Waals surface area (Å²) in [5.41, 5.74) is 0. The maximum Gasteiger partial charge on any atom is 4.00 e. The van der Waals surface area contributed by atoms with Crippen molar-refractivity contribution in [3.63, 3.8) is 0 Å². The first-order valence-electron chi connectivity index (χ1n) is 0.667. The molecule has 0 aliphatic carbocycles. The maximum atomic E-state index is 4.44. The molecule has 0 unspecified atom stereocenters. The zero-order valence-corrected chi connectivity index (χ0v) is 27.6. The minimum Gasteiger partial charge on any atom is -1.00 e. The monoisotopic (exact) mass is 863 g/mol. The maximum absolute atomic E-state index is 4.44. The fourth-order valence-corrected chi connectivity index (χ4v) is 2.76. The third kappa shape index (κ3) is 179. The molecule has 9 radical (unpaired) electrons. The Bertz CT molecular complexity index is 27.6. The van der Waals surface area contributed by atoms with Crippen LogP contribution in [0.2, 0.25) is 0 Å². The fourth-order valence-electron chi connectivity index (χ4n) is 0.0113. The molecule has 0 aliphatic rings. The molecule has 21 heavy (non-hydrogen) atoms. The summed E-state index contributed by atoms with van der Waals surface area (Å²) in [6, 6.07) is 0. The van der Waals surface area contributed by atoms with Gasteiger partial charge in [0.05, 0.1) is 0 Å². The van der Waals surface area contributed by atoms with Crippen LogP contribution in [0.5, 0.6) is 0 Å². The van der Waals surface area contributed by atoms with Crippen LogP contribution >= 0.6 is 29.5 Å². The van der Waals surface area contributed by atoms with Crippen molar-refractivity contribution in [3.8, 4) is 0 Å². The minimum absolute atomic E-state index is 0. The summed E-state index contributed by atoms with van der Waals surface area (Å²) < 4.78 is 0. The second-order valence-corrected chi connectivity index (χ2v) is 5.51. The van der Waals surface area contributed by atoms with Gasteiger partial charge in [0.1, 0.15) is 0 Å². The molecule has 0 rings (SSSR count). The molecule has 0 bridgehead atoms. The van der Waals surface area contributed by atoms with Gasteiger partial charge in [0.2, 0.25) is 0 Å². The molecule has 0 atom stereocenters. The molecule has 0 N–H and O–H groups in total. The molecule has 0 aromatic carbocycles. The Morgan fingerprint density at radius 3 is 0.524 bits per heavy atom. The molecule has 145 valence electrons. The molecule has 0 fully saturated rings. The average Bonchev–Trinajstić information content (AvgIpc) is 1.41. The molecule has 0 heterocycles. The SMILES string of the molecule is [Fe+3].[Fe+4].[Fe].[Fe].[Fe].[Fe].[Fe].[Fe].[S-].[S-].[S-].[S-].[S-].[S-].[S-].[S-].[S-]SSS[S-].